The van der Waals surface area contributed by atoms with Crippen molar-refractivity contribution < 1.29 is 9.53 Å². The van der Waals surface area contributed by atoms with Gasteiger partial charge >= 0.3 is 0 Å². The molecular formula is C21H17N3O2. The van der Waals surface area contributed by atoms with Gasteiger partial charge in [0.25, 0.3) is 5.91 Å². The van der Waals surface area contributed by atoms with Gasteiger partial charge in [0, 0.05) is 17.3 Å². The largest absolute Gasteiger partial charge is 0.497 e. The Morgan fingerprint density at radius 2 is 1.69 bits per heavy atom. The number of fused-ring (bicyclic) bond motifs is 1. The van der Waals surface area contributed by atoms with E-state index in [1.54, 1.807) is 11.6 Å². The molecule has 0 saturated heterocycles. The molecule has 2 aromatic carbocycles. The number of nitrogens with two attached hydrogens (primary N) is 1. The van der Waals surface area contributed by atoms with Gasteiger partial charge in [0.05, 0.1) is 12.6 Å². The first-order valence-electron chi connectivity index (χ1n) is 8.20. The molecule has 0 fully saturated rings. The van der Waals surface area contributed by atoms with Crippen molar-refractivity contribution in [2.45, 2.75) is 0 Å². The lowest BCUT2D eigenvalue weighted by atomic mass is 9.98. The first-order valence-corrected chi connectivity index (χ1v) is 8.20. The Bertz CT molecular complexity index is 1080. The molecule has 5 heteroatoms. The standard InChI is InChI=1S/C21H17N3O2/c1-26-16-11-9-14(10-12-16)17-8-5-13-24-20(17)18(19(23-24)21(22)25)15-6-3-2-4-7-15/h2-13H,1H3,(H2,22,25). The molecule has 2 aromatic heterocycles. The molecule has 1 amide bonds. The van der Waals surface area contributed by atoms with E-state index < -0.39 is 5.91 Å². The zero-order valence-corrected chi connectivity index (χ0v) is 14.2. The molecule has 26 heavy (non-hydrogen) atoms. The van der Waals surface area contributed by atoms with E-state index in [2.05, 4.69) is 5.10 Å². The van der Waals surface area contributed by atoms with Crippen LogP contribution in [0.1, 0.15) is 10.5 Å². The van der Waals surface area contributed by atoms with Crippen molar-refractivity contribution in [2.24, 2.45) is 5.73 Å². The monoisotopic (exact) mass is 343 g/mol. The number of methoxy groups -OCH3 is 1. The maximum atomic E-state index is 12.0. The molecule has 0 radical (unpaired) electrons. The van der Waals surface area contributed by atoms with Crippen molar-refractivity contribution in [2.75, 3.05) is 7.11 Å². The fourth-order valence-electron chi connectivity index (χ4n) is 3.15. The van der Waals surface area contributed by atoms with Crippen LogP contribution in [0.4, 0.5) is 0 Å². The predicted octanol–water partition coefficient (Wildman–Crippen LogP) is 3.78. The van der Waals surface area contributed by atoms with Crippen molar-refractivity contribution in [3.8, 4) is 28.0 Å². The van der Waals surface area contributed by atoms with Gasteiger partial charge in [0.1, 0.15) is 5.75 Å². The Labute approximate surface area is 150 Å². The van der Waals surface area contributed by atoms with Gasteiger partial charge in [-0.25, -0.2) is 4.52 Å². The summed E-state index contributed by atoms with van der Waals surface area (Å²) in [6.45, 7) is 0. The molecule has 5 nitrogen and oxygen atoms in total. The SMILES string of the molecule is COc1ccc(-c2cccn3nc(C(N)=O)c(-c4ccccc4)c23)cc1. The summed E-state index contributed by atoms with van der Waals surface area (Å²) >= 11 is 0. The molecule has 128 valence electrons. The van der Waals surface area contributed by atoms with Crippen LogP contribution in [0.2, 0.25) is 0 Å². The van der Waals surface area contributed by atoms with Crippen LogP contribution in [-0.2, 0) is 0 Å². The van der Waals surface area contributed by atoms with Gasteiger partial charge in [-0.1, -0.05) is 48.5 Å². The summed E-state index contributed by atoms with van der Waals surface area (Å²) in [6, 6.07) is 21.4. The maximum Gasteiger partial charge on any atom is 0.269 e. The van der Waals surface area contributed by atoms with E-state index in [0.29, 0.717) is 0 Å². The highest BCUT2D eigenvalue weighted by atomic mass is 16.5. The van der Waals surface area contributed by atoms with E-state index in [4.69, 9.17) is 10.5 Å². The van der Waals surface area contributed by atoms with E-state index in [1.165, 1.54) is 0 Å². The predicted molar refractivity (Wildman–Crippen MR) is 101 cm³/mol. The number of primary amides is 1. The molecule has 0 spiro atoms. The number of pyridine rings is 1. The minimum Gasteiger partial charge on any atom is -0.497 e. The molecule has 4 aromatic rings. The molecule has 4 rings (SSSR count). The number of amides is 1. The number of ether oxygens (including phenoxy) is 1. The lowest BCUT2D eigenvalue weighted by molar-refractivity contribution is 0.0996. The number of carbonyl (C=O) groups is 1. The summed E-state index contributed by atoms with van der Waals surface area (Å²) in [5, 5.41) is 4.43. The number of carbonyl (C=O) groups excluding carboxylic acids is 1. The molecule has 0 bridgehead atoms. The summed E-state index contributed by atoms with van der Waals surface area (Å²) in [7, 11) is 1.64. The van der Waals surface area contributed by atoms with Gasteiger partial charge in [0.2, 0.25) is 0 Å². The van der Waals surface area contributed by atoms with Crippen LogP contribution < -0.4 is 10.5 Å². The first kappa shape index (κ1) is 15.9. The van der Waals surface area contributed by atoms with Gasteiger partial charge in [-0.15, -0.1) is 0 Å². The van der Waals surface area contributed by atoms with E-state index >= 15 is 0 Å². The minimum atomic E-state index is -0.548. The topological polar surface area (TPSA) is 69.6 Å². The molecular weight excluding hydrogens is 326 g/mol. The third-order valence-corrected chi connectivity index (χ3v) is 4.35. The van der Waals surface area contributed by atoms with Gasteiger partial charge in [-0.2, -0.15) is 5.10 Å². The van der Waals surface area contributed by atoms with Crippen molar-refractivity contribution in [1.29, 1.82) is 0 Å². The summed E-state index contributed by atoms with van der Waals surface area (Å²) in [5.74, 6) is 0.239. The van der Waals surface area contributed by atoms with E-state index in [1.807, 2.05) is 72.9 Å². The second kappa shape index (κ2) is 6.37. The Hall–Kier alpha value is -3.60. The highest BCUT2D eigenvalue weighted by Gasteiger charge is 2.21. The number of hydrogen-bond donors (Lipinski definition) is 1. The molecule has 2 heterocycles. The van der Waals surface area contributed by atoms with Gasteiger partial charge in [0.15, 0.2) is 5.69 Å². The number of aromatic nitrogens is 2. The molecule has 0 unspecified atom stereocenters. The number of nitrogens with zero attached hydrogens (tertiary/aromatic N) is 2. The minimum absolute atomic E-state index is 0.261. The van der Waals surface area contributed by atoms with E-state index in [9.17, 15) is 4.79 Å². The van der Waals surface area contributed by atoms with Crippen LogP contribution in [-0.4, -0.2) is 22.6 Å². The van der Waals surface area contributed by atoms with Crippen molar-refractivity contribution in [1.82, 2.24) is 9.61 Å². The third kappa shape index (κ3) is 2.59. The number of benzene rings is 2. The van der Waals surface area contributed by atoms with Gasteiger partial charge in [-0.3, -0.25) is 4.79 Å². The maximum absolute atomic E-state index is 12.0. The molecule has 0 atom stereocenters. The zero-order chi connectivity index (χ0) is 18.1. The van der Waals surface area contributed by atoms with E-state index in [0.717, 1.165) is 33.5 Å². The number of hydrogen-bond acceptors (Lipinski definition) is 3. The van der Waals surface area contributed by atoms with Crippen LogP contribution in [0, 0.1) is 0 Å². The normalized spacial score (nSPS) is 10.8. The van der Waals surface area contributed by atoms with Gasteiger partial charge in [-0.05, 0) is 29.3 Å². The lowest BCUT2D eigenvalue weighted by Gasteiger charge is -2.08. The average Bonchev–Trinajstić information content (AvgIpc) is 3.09. The fourth-order valence-corrected chi connectivity index (χ4v) is 3.15. The second-order valence-electron chi connectivity index (χ2n) is 5.90. The van der Waals surface area contributed by atoms with Crippen LogP contribution in [0.25, 0.3) is 27.8 Å². The Balaban J connectivity index is 2.04. The Kier molecular flexibility index (Phi) is 3.89. The molecule has 0 aliphatic carbocycles. The molecule has 2 N–H and O–H groups in total. The molecule has 0 aliphatic heterocycles. The van der Waals surface area contributed by atoms with E-state index in [-0.39, 0.29) is 5.69 Å². The highest BCUT2D eigenvalue weighted by Crippen LogP contribution is 2.35. The van der Waals surface area contributed by atoms with Crippen molar-refractivity contribution >= 4 is 11.4 Å². The zero-order valence-electron chi connectivity index (χ0n) is 14.2. The first-order chi connectivity index (χ1) is 12.7. The Morgan fingerprint density at radius 3 is 2.35 bits per heavy atom. The van der Waals surface area contributed by atoms with Crippen LogP contribution >= 0.6 is 0 Å². The quantitative estimate of drug-likeness (QED) is 0.613. The van der Waals surface area contributed by atoms with Crippen LogP contribution in [0.5, 0.6) is 5.75 Å². The average molecular weight is 343 g/mol. The van der Waals surface area contributed by atoms with Crippen molar-refractivity contribution in [3.05, 3.63) is 78.6 Å². The summed E-state index contributed by atoms with van der Waals surface area (Å²) in [5.41, 5.74) is 10.3. The van der Waals surface area contributed by atoms with Gasteiger partial charge < -0.3 is 10.5 Å². The molecule has 0 saturated carbocycles. The van der Waals surface area contributed by atoms with Crippen molar-refractivity contribution in [3.63, 3.8) is 0 Å². The Morgan fingerprint density at radius 1 is 0.962 bits per heavy atom. The van der Waals surface area contributed by atoms with Crippen LogP contribution in [0.15, 0.2) is 72.9 Å². The number of rotatable bonds is 4. The second-order valence-corrected chi connectivity index (χ2v) is 5.90. The lowest BCUT2D eigenvalue weighted by Crippen LogP contribution is -2.12. The third-order valence-electron chi connectivity index (χ3n) is 4.35. The highest BCUT2D eigenvalue weighted by molar-refractivity contribution is 6.05. The summed E-state index contributed by atoms with van der Waals surface area (Å²) < 4.78 is 6.95. The fraction of sp³-hybridized carbons (Fsp3) is 0.0476. The summed E-state index contributed by atoms with van der Waals surface area (Å²) in [4.78, 5) is 12.0. The molecule has 0 aliphatic rings. The van der Waals surface area contributed by atoms with Crippen LogP contribution in [0.3, 0.4) is 0 Å². The smallest absolute Gasteiger partial charge is 0.269 e. The summed E-state index contributed by atoms with van der Waals surface area (Å²) in [6.07, 6.45) is 1.82.